The molecule has 2 rings (SSSR count). The predicted molar refractivity (Wildman–Crippen MR) is 84.9 cm³/mol. The maximum atomic E-state index is 11.8. The zero-order valence-electron chi connectivity index (χ0n) is 14.1. The number of esters is 1. The van der Waals surface area contributed by atoms with Gasteiger partial charge >= 0.3 is 5.97 Å². The summed E-state index contributed by atoms with van der Waals surface area (Å²) < 4.78 is 12.1. The number of ether oxygens (including phenoxy) is 2. The molecule has 1 saturated heterocycles. The smallest absolute Gasteiger partial charge is 0.323 e. The summed E-state index contributed by atoms with van der Waals surface area (Å²) in [6, 6.07) is 2.31. The molecular formula is C16H24N3O6+. The molecule has 0 spiro atoms. The van der Waals surface area contributed by atoms with Crippen molar-refractivity contribution in [2.24, 2.45) is 17.4 Å². The minimum Gasteiger partial charge on any atom is -0.462 e. The van der Waals surface area contributed by atoms with Crippen LogP contribution in [0, 0.1) is 5.92 Å². The normalized spacial score (nSPS) is 27.3. The molecule has 1 aromatic heterocycles. The van der Waals surface area contributed by atoms with Crippen molar-refractivity contribution in [3.8, 4) is 0 Å². The number of nitrogens with zero attached hydrogens (tertiary/aromatic N) is 1. The Kier molecular flexibility index (Phi) is 6.07. The maximum Gasteiger partial charge on any atom is 0.323 e. The minimum atomic E-state index is -1.27. The number of carbonyl (C=O) groups excluding carboxylic acids is 2. The van der Waals surface area contributed by atoms with Gasteiger partial charge in [-0.2, -0.15) is 4.57 Å². The van der Waals surface area contributed by atoms with Gasteiger partial charge in [-0.25, -0.2) is 0 Å². The van der Waals surface area contributed by atoms with Gasteiger partial charge in [-0.05, 0) is 12.0 Å². The Morgan fingerprint density at radius 1 is 1.36 bits per heavy atom. The second kappa shape index (κ2) is 7.87. The summed E-state index contributed by atoms with van der Waals surface area (Å²) in [5.41, 5.74) is 11.2. The number of hydrogen-bond donors (Lipinski definition) is 4. The highest BCUT2D eigenvalue weighted by Gasteiger charge is 2.48. The Hall–Kier alpha value is -2.07. The van der Waals surface area contributed by atoms with Crippen LogP contribution in [0.5, 0.6) is 0 Å². The van der Waals surface area contributed by atoms with Gasteiger partial charge < -0.3 is 31.2 Å². The Morgan fingerprint density at radius 3 is 2.64 bits per heavy atom. The van der Waals surface area contributed by atoms with E-state index in [4.69, 9.17) is 20.9 Å². The molecule has 0 saturated carbocycles. The second-order valence-electron chi connectivity index (χ2n) is 6.35. The van der Waals surface area contributed by atoms with E-state index in [0.29, 0.717) is 0 Å². The number of rotatable bonds is 6. The molecule has 1 amide bonds. The largest absolute Gasteiger partial charge is 0.462 e. The molecule has 1 aliphatic heterocycles. The van der Waals surface area contributed by atoms with E-state index >= 15 is 0 Å². The van der Waals surface area contributed by atoms with Crippen molar-refractivity contribution in [2.45, 2.75) is 44.4 Å². The van der Waals surface area contributed by atoms with Crippen LogP contribution >= 0.6 is 0 Å². The Morgan fingerprint density at radius 2 is 2.04 bits per heavy atom. The third-order valence-electron chi connectivity index (χ3n) is 4.12. The van der Waals surface area contributed by atoms with Gasteiger partial charge in [-0.3, -0.25) is 9.59 Å². The summed E-state index contributed by atoms with van der Waals surface area (Å²) in [6.45, 7) is 3.33. The van der Waals surface area contributed by atoms with Crippen molar-refractivity contribution in [1.82, 2.24) is 0 Å². The van der Waals surface area contributed by atoms with Crippen molar-refractivity contribution in [1.29, 1.82) is 0 Å². The number of hydrogen-bond acceptors (Lipinski definition) is 7. The first-order chi connectivity index (χ1) is 11.7. The number of nitrogens with two attached hydrogens (primary N) is 2. The first kappa shape index (κ1) is 19.3. The molecule has 9 heteroatoms. The predicted octanol–water partition coefficient (Wildman–Crippen LogP) is -1.78. The molecule has 1 aromatic rings. The lowest BCUT2D eigenvalue weighted by Gasteiger charge is -2.17. The van der Waals surface area contributed by atoms with Crippen molar-refractivity contribution in [3.63, 3.8) is 0 Å². The van der Waals surface area contributed by atoms with Gasteiger partial charge in [0.25, 0.3) is 12.1 Å². The summed E-state index contributed by atoms with van der Waals surface area (Å²) in [5.74, 6) is -1.32. The molecule has 9 nitrogen and oxygen atoms in total. The van der Waals surface area contributed by atoms with E-state index in [-0.39, 0.29) is 18.1 Å². The fourth-order valence-electron chi connectivity index (χ4n) is 2.44. The summed E-state index contributed by atoms with van der Waals surface area (Å²) in [6.07, 6.45) is -1.43. The average molecular weight is 354 g/mol. The fourth-order valence-corrected chi connectivity index (χ4v) is 2.44. The average Bonchev–Trinajstić information content (AvgIpc) is 2.87. The third-order valence-corrected chi connectivity index (χ3v) is 4.12. The molecule has 0 aliphatic carbocycles. The Balaban J connectivity index is 2.04. The summed E-state index contributed by atoms with van der Waals surface area (Å²) in [7, 11) is 0. The highest BCUT2D eigenvalue weighted by molar-refractivity contribution is 5.92. The number of pyridine rings is 1. The highest BCUT2D eigenvalue weighted by Crippen LogP contribution is 2.25. The number of primary amides is 1. The molecule has 0 aromatic carbocycles. The molecule has 0 bridgehead atoms. The molecule has 0 unspecified atom stereocenters. The minimum absolute atomic E-state index is 0.0904. The molecule has 1 aliphatic rings. The number of aromatic nitrogens is 1. The van der Waals surface area contributed by atoms with Gasteiger partial charge in [0.2, 0.25) is 0 Å². The fraction of sp³-hybridized carbons (Fsp3) is 0.562. The van der Waals surface area contributed by atoms with E-state index < -0.39 is 42.5 Å². The van der Waals surface area contributed by atoms with Crippen LogP contribution in [0.3, 0.4) is 0 Å². The molecule has 2 heterocycles. The zero-order chi connectivity index (χ0) is 18.7. The van der Waals surface area contributed by atoms with Crippen LogP contribution in [0.15, 0.2) is 24.5 Å². The highest BCUT2D eigenvalue weighted by atomic mass is 16.6. The lowest BCUT2D eigenvalue weighted by atomic mass is 10.1. The van der Waals surface area contributed by atoms with Gasteiger partial charge in [-0.1, -0.05) is 13.8 Å². The van der Waals surface area contributed by atoms with Crippen molar-refractivity contribution in [2.75, 3.05) is 6.61 Å². The van der Waals surface area contributed by atoms with E-state index in [1.807, 2.05) is 0 Å². The van der Waals surface area contributed by atoms with Crippen molar-refractivity contribution < 1.29 is 33.8 Å². The van der Waals surface area contributed by atoms with Gasteiger partial charge in [0.05, 0.1) is 0 Å². The number of aliphatic hydroxyl groups is 2. The molecule has 5 atom stereocenters. The van der Waals surface area contributed by atoms with Crippen molar-refractivity contribution in [3.05, 3.63) is 30.1 Å². The topological polar surface area (TPSA) is 149 Å². The van der Waals surface area contributed by atoms with E-state index in [0.717, 1.165) is 0 Å². The Bertz CT molecular complexity index is 638. The van der Waals surface area contributed by atoms with Gasteiger partial charge in [0.15, 0.2) is 18.5 Å². The SMILES string of the molecule is CC(C)[C@H](N)C(=O)OC[C@H]1O[C@@H]([n+]2cccc(C(N)=O)c2)[C@H](O)[C@@H]1O. The Labute approximate surface area is 145 Å². The molecule has 1 fully saturated rings. The van der Waals surface area contributed by atoms with Gasteiger partial charge in [-0.15, -0.1) is 0 Å². The number of carbonyl (C=O) groups is 2. The summed E-state index contributed by atoms with van der Waals surface area (Å²) >= 11 is 0. The van der Waals surface area contributed by atoms with E-state index in [1.54, 1.807) is 26.1 Å². The lowest BCUT2D eigenvalue weighted by Crippen LogP contribution is -2.46. The van der Waals surface area contributed by atoms with Crippen LogP contribution in [-0.2, 0) is 14.3 Å². The van der Waals surface area contributed by atoms with Crippen LogP contribution in [0.1, 0.15) is 30.4 Å². The molecule has 6 N–H and O–H groups in total. The summed E-state index contributed by atoms with van der Waals surface area (Å²) in [5, 5.41) is 20.3. The monoisotopic (exact) mass is 354 g/mol. The van der Waals surface area contributed by atoms with Crippen LogP contribution in [-0.4, -0.2) is 53.1 Å². The van der Waals surface area contributed by atoms with Gasteiger partial charge in [0.1, 0.15) is 30.4 Å². The van der Waals surface area contributed by atoms with Crippen LogP contribution in [0.2, 0.25) is 0 Å². The first-order valence-corrected chi connectivity index (χ1v) is 7.96. The van der Waals surface area contributed by atoms with Crippen LogP contribution < -0.4 is 16.0 Å². The summed E-state index contributed by atoms with van der Waals surface area (Å²) in [4.78, 5) is 23.1. The third kappa shape index (κ3) is 4.31. The molecule has 25 heavy (non-hydrogen) atoms. The molecule has 138 valence electrons. The number of aliphatic hydroxyl groups excluding tert-OH is 2. The molecular weight excluding hydrogens is 330 g/mol. The van der Waals surface area contributed by atoms with Crippen LogP contribution in [0.4, 0.5) is 0 Å². The maximum absolute atomic E-state index is 11.8. The van der Waals surface area contributed by atoms with Gasteiger partial charge in [0, 0.05) is 6.07 Å². The first-order valence-electron chi connectivity index (χ1n) is 7.96. The quantitative estimate of drug-likeness (QED) is 0.348. The van der Waals surface area contributed by atoms with Crippen LogP contribution in [0.25, 0.3) is 0 Å². The number of amides is 1. The van der Waals surface area contributed by atoms with E-state index in [1.165, 1.54) is 16.8 Å². The molecule has 0 radical (unpaired) electrons. The second-order valence-corrected chi connectivity index (χ2v) is 6.35. The van der Waals surface area contributed by atoms with E-state index in [2.05, 4.69) is 0 Å². The van der Waals surface area contributed by atoms with E-state index in [9.17, 15) is 19.8 Å². The zero-order valence-corrected chi connectivity index (χ0v) is 14.1. The van der Waals surface area contributed by atoms with Crippen molar-refractivity contribution >= 4 is 11.9 Å². The lowest BCUT2D eigenvalue weighted by molar-refractivity contribution is -0.765. The standard InChI is InChI=1S/C16H23N3O6/c1-8(2)11(17)16(23)24-7-10-12(20)13(21)15(25-10)19-5-3-4-9(6-19)14(18)22/h3-6,8,10-13,15,20-21H,7,17H2,1-2H3,(H-,18,22)/p+1/t10-,11+,12-,13-,15-/m1/s1.